The first-order chi connectivity index (χ1) is 10.3. The van der Waals surface area contributed by atoms with Gasteiger partial charge < -0.3 is 10.6 Å². The minimum absolute atomic E-state index is 0.0792. The van der Waals surface area contributed by atoms with Crippen molar-refractivity contribution < 1.29 is 4.79 Å². The molecule has 0 heterocycles. The number of nitrogens with zero attached hydrogens (tertiary/aromatic N) is 1. The van der Waals surface area contributed by atoms with E-state index in [1.165, 1.54) is 25.7 Å². The number of carbonyl (C=O) groups excluding carboxylic acids is 1. The van der Waals surface area contributed by atoms with Gasteiger partial charge in [0.1, 0.15) is 0 Å². The Bertz CT molecular complexity index is 482. The molecule has 0 radical (unpaired) electrons. The van der Waals surface area contributed by atoms with Crippen molar-refractivity contribution in [3.63, 3.8) is 0 Å². The van der Waals surface area contributed by atoms with E-state index in [4.69, 9.17) is 5.26 Å². The fourth-order valence-electron chi connectivity index (χ4n) is 2.72. The number of hydrogen-bond acceptors (Lipinski definition) is 3. The molecule has 1 fully saturated rings. The molecule has 1 amide bonds. The number of amides is 1. The van der Waals surface area contributed by atoms with Crippen molar-refractivity contribution >= 4 is 5.91 Å². The van der Waals surface area contributed by atoms with Crippen LogP contribution in [0.4, 0.5) is 0 Å². The minimum Gasteiger partial charge on any atom is -0.352 e. The van der Waals surface area contributed by atoms with E-state index < -0.39 is 0 Å². The van der Waals surface area contributed by atoms with E-state index in [1.54, 1.807) is 12.1 Å². The van der Waals surface area contributed by atoms with Crippen LogP contribution in [0.1, 0.15) is 49.7 Å². The number of rotatable bonds is 5. The molecule has 2 N–H and O–H groups in total. The van der Waals surface area contributed by atoms with Gasteiger partial charge in [-0.1, -0.05) is 37.8 Å². The van der Waals surface area contributed by atoms with Crippen LogP contribution in [-0.4, -0.2) is 18.5 Å². The lowest BCUT2D eigenvalue weighted by Gasteiger charge is -2.16. The van der Waals surface area contributed by atoms with Gasteiger partial charge in [0, 0.05) is 12.6 Å². The van der Waals surface area contributed by atoms with Gasteiger partial charge in [-0.2, -0.15) is 5.26 Å². The van der Waals surface area contributed by atoms with Crippen molar-refractivity contribution in [2.45, 2.75) is 51.1 Å². The van der Waals surface area contributed by atoms with Gasteiger partial charge in [-0.15, -0.1) is 0 Å². The molecule has 0 atom stereocenters. The summed E-state index contributed by atoms with van der Waals surface area (Å²) in [7, 11) is 0. The Balaban J connectivity index is 1.67. The molecule has 0 aliphatic heterocycles. The molecule has 2 rings (SSSR count). The van der Waals surface area contributed by atoms with Crippen molar-refractivity contribution in [2.75, 3.05) is 6.54 Å². The molecule has 1 aromatic carbocycles. The first-order valence-electron chi connectivity index (χ1n) is 7.77. The van der Waals surface area contributed by atoms with Crippen LogP contribution >= 0.6 is 0 Å². The smallest absolute Gasteiger partial charge is 0.234 e. The molecule has 0 bridgehead atoms. The van der Waals surface area contributed by atoms with Gasteiger partial charge in [0.15, 0.2) is 0 Å². The van der Waals surface area contributed by atoms with Crippen LogP contribution in [0.2, 0.25) is 0 Å². The monoisotopic (exact) mass is 285 g/mol. The average molecular weight is 285 g/mol. The maximum absolute atomic E-state index is 11.9. The van der Waals surface area contributed by atoms with E-state index in [0.717, 1.165) is 18.4 Å². The van der Waals surface area contributed by atoms with Gasteiger partial charge in [0.2, 0.25) is 5.91 Å². The molecule has 4 nitrogen and oxygen atoms in total. The van der Waals surface area contributed by atoms with E-state index in [9.17, 15) is 4.79 Å². The highest BCUT2D eigenvalue weighted by Crippen LogP contribution is 2.16. The predicted octanol–water partition coefficient (Wildman–Crippen LogP) is 2.49. The molecule has 0 unspecified atom stereocenters. The van der Waals surface area contributed by atoms with E-state index in [2.05, 4.69) is 16.7 Å². The molecule has 0 spiro atoms. The van der Waals surface area contributed by atoms with Crippen LogP contribution < -0.4 is 10.6 Å². The van der Waals surface area contributed by atoms with Crippen molar-refractivity contribution in [3.05, 3.63) is 35.4 Å². The Morgan fingerprint density at radius 1 is 1.14 bits per heavy atom. The predicted molar refractivity (Wildman–Crippen MR) is 82.5 cm³/mol. The maximum atomic E-state index is 11.9. The van der Waals surface area contributed by atoms with Crippen LogP contribution in [0.3, 0.4) is 0 Å². The number of carbonyl (C=O) groups is 1. The van der Waals surface area contributed by atoms with Crippen LogP contribution in [0.25, 0.3) is 0 Å². The van der Waals surface area contributed by atoms with Crippen LogP contribution in [-0.2, 0) is 11.3 Å². The number of nitrogens with one attached hydrogen (secondary N) is 2. The Kier molecular flexibility index (Phi) is 6.23. The third-order valence-corrected chi connectivity index (χ3v) is 3.92. The second-order valence-corrected chi connectivity index (χ2v) is 5.67. The lowest BCUT2D eigenvalue weighted by molar-refractivity contribution is -0.121. The zero-order chi connectivity index (χ0) is 14.9. The first kappa shape index (κ1) is 15.5. The second kappa shape index (κ2) is 8.43. The Hall–Kier alpha value is -1.86. The van der Waals surface area contributed by atoms with Gasteiger partial charge in [-0.05, 0) is 30.5 Å². The average Bonchev–Trinajstić information content (AvgIpc) is 2.76. The highest BCUT2D eigenvalue weighted by molar-refractivity contribution is 5.78. The summed E-state index contributed by atoms with van der Waals surface area (Å²) in [4.78, 5) is 11.9. The lowest BCUT2D eigenvalue weighted by Crippen LogP contribution is -2.40. The third kappa shape index (κ3) is 5.57. The fourth-order valence-corrected chi connectivity index (χ4v) is 2.72. The summed E-state index contributed by atoms with van der Waals surface area (Å²) in [6.07, 6.45) is 7.27. The summed E-state index contributed by atoms with van der Waals surface area (Å²) in [5, 5.41) is 15.0. The van der Waals surface area contributed by atoms with E-state index >= 15 is 0 Å². The summed E-state index contributed by atoms with van der Waals surface area (Å²) >= 11 is 0. The molecule has 1 aliphatic carbocycles. The summed E-state index contributed by atoms with van der Waals surface area (Å²) in [6.45, 7) is 0.986. The van der Waals surface area contributed by atoms with E-state index in [1.807, 2.05) is 12.1 Å². The zero-order valence-electron chi connectivity index (χ0n) is 12.4. The first-order valence-corrected chi connectivity index (χ1v) is 7.77. The quantitative estimate of drug-likeness (QED) is 0.817. The Morgan fingerprint density at radius 2 is 1.81 bits per heavy atom. The van der Waals surface area contributed by atoms with Crippen LogP contribution in [0.5, 0.6) is 0 Å². The SMILES string of the molecule is N#Cc1ccc(CNCC(=O)NC2CCCCCC2)cc1. The van der Waals surface area contributed by atoms with Gasteiger partial charge in [-0.3, -0.25) is 4.79 Å². The van der Waals surface area contributed by atoms with Crippen molar-refractivity contribution in [1.82, 2.24) is 10.6 Å². The standard InChI is InChI=1S/C17H23N3O/c18-11-14-7-9-15(10-8-14)12-19-13-17(21)20-16-5-3-1-2-4-6-16/h7-10,16,19H,1-6,12-13H2,(H,20,21). The van der Waals surface area contributed by atoms with Crippen LogP contribution in [0, 0.1) is 11.3 Å². The molecule has 21 heavy (non-hydrogen) atoms. The van der Waals surface area contributed by atoms with E-state index in [-0.39, 0.29) is 5.91 Å². The van der Waals surface area contributed by atoms with Crippen molar-refractivity contribution in [2.24, 2.45) is 0 Å². The number of hydrogen-bond donors (Lipinski definition) is 2. The topological polar surface area (TPSA) is 64.9 Å². The molecule has 0 aromatic heterocycles. The molecule has 1 saturated carbocycles. The molecular weight excluding hydrogens is 262 g/mol. The van der Waals surface area contributed by atoms with Crippen LogP contribution in [0.15, 0.2) is 24.3 Å². The highest BCUT2D eigenvalue weighted by Gasteiger charge is 2.14. The molecular formula is C17H23N3O. The van der Waals surface area contributed by atoms with Gasteiger partial charge in [0.25, 0.3) is 0 Å². The summed E-state index contributed by atoms with van der Waals surface area (Å²) in [5.74, 6) is 0.0792. The van der Waals surface area contributed by atoms with Crippen molar-refractivity contribution in [3.8, 4) is 6.07 Å². The highest BCUT2D eigenvalue weighted by atomic mass is 16.1. The van der Waals surface area contributed by atoms with Gasteiger partial charge in [-0.25, -0.2) is 0 Å². The third-order valence-electron chi connectivity index (χ3n) is 3.92. The molecule has 4 heteroatoms. The van der Waals surface area contributed by atoms with Gasteiger partial charge >= 0.3 is 0 Å². The minimum atomic E-state index is 0.0792. The Morgan fingerprint density at radius 3 is 2.43 bits per heavy atom. The largest absolute Gasteiger partial charge is 0.352 e. The second-order valence-electron chi connectivity index (χ2n) is 5.67. The fraction of sp³-hybridized carbons (Fsp3) is 0.529. The molecule has 1 aromatic rings. The molecule has 112 valence electrons. The summed E-state index contributed by atoms with van der Waals surface area (Å²) < 4.78 is 0. The van der Waals surface area contributed by atoms with Crippen molar-refractivity contribution in [1.29, 1.82) is 5.26 Å². The number of benzene rings is 1. The van der Waals surface area contributed by atoms with E-state index in [0.29, 0.717) is 24.7 Å². The summed E-state index contributed by atoms with van der Waals surface area (Å²) in [5.41, 5.74) is 1.74. The number of nitriles is 1. The zero-order valence-corrected chi connectivity index (χ0v) is 12.4. The molecule has 0 saturated heterocycles. The molecule has 1 aliphatic rings. The summed E-state index contributed by atoms with van der Waals surface area (Å²) in [6, 6.07) is 9.86. The van der Waals surface area contributed by atoms with Gasteiger partial charge in [0.05, 0.1) is 18.2 Å². The maximum Gasteiger partial charge on any atom is 0.234 e. The normalized spacial score (nSPS) is 16.0. The Labute approximate surface area is 126 Å². The lowest BCUT2D eigenvalue weighted by atomic mass is 10.1.